The van der Waals surface area contributed by atoms with E-state index in [0.717, 1.165) is 0 Å². The SMILES string of the molecule is N#CCCNC(=O)c1cccc(Br)c1Cl. The van der Waals surface area contributed by atoms with E-state index in [1.807, 2.05) is 6.07 Å². The van der Waals surface area contributed by atoms with Gasteiger partial charge in [0.25, 0.3) is 5.91 Å². The normalized spacial score (nSPS) is 9.40. The zero-order chi connectivity index (χ0) is 11.3. The van der Waals surface area contributed by atoms with E-state index < -0.39 is 0 Å². The van der Waals surface area contributed by atoms with E-state index in [-0.39, 0.29) is 12.3 Å². The zero-order valence-electron chi connectivity index (χ0n) is 7.76. The molecule has 1 rings (SSSR count). The molecule has 1 aromatic rings. The minimum absolute atomic E-state index is 0.267. The van der Waals surface area contributed by atoms with Gasteiger partial charge >= 0.3 is 0 Å². The van der Waals surface area contributed by atoms with Crippen LogP contribution < -0.4 is 5.32 Å². The first kappa shape index (κ1) is 12.0. The summed E-state index contributed by atoms with van der Waals surface area (Å²) in [5.74, 6) is -0.267. The van der Waals surface area contributed by atoms with Crippen molar-refractivity contribution in [3.05, 3.63) is 33.3 Å². The van der Waals surface area contributed by atoms with Crippen molar-refractivity contribution in [1.82, 2.24) is 5.32 Å². The summed E-state index contributed by atoms with van der Waals surface area (Å²) in [5, 5.41) is 11.3. The van der Waals surface area contributed by atoms with Gasteiger partial charge in [0.15, 0.2) is 0 Å². The van der Waals surface area contributed by atoms with Crippen molar-refractivity contribution in [3.8, 4) is 6.07 Å². The highest BCUT2D eigenvalue weighted by atomic mass is 79.9. The summed E-state index contributed by atoms with van der Waals surface area (Å²) in [6.45, 7) is 0.332. The maximum atomic E-state index is 11.6. The number of nitrogens with one attached hydrogen (secondary N) is 1. The highest BCUT2D eigenvalue weighted by Crippen LogP contribution is 2.25. The lowest BCUT2D eigenvalue weighted by Crippen LogP contribution is -2.24. The fraction of sp³-hybridized carbons (Fsp3) is 0.200. The van der Waals surface area contributed by atoms with Crippen molar-refractivity contribution >= 4 is 33.4 Å². The first-order chi connectivity index (χ1) is 7.16. The number of carbonyl (C=O) groups is 1. The number of carbonyl (C=O) groups excluding carboxylic acids is 1. The van der Waals surface area contributed by atoms with Crippen LogP contribution in [0.15, 0.2) is 22.7 Å². The Bertz CT molecular complexity index is 414. The zero-order valence-corrected chi connectivity index (χ0v) is 10.1. The molecule has 15 heavy (non-hydrogen) atoms. The predicted octanol–water partition coefficient (Wildman–Crippen LogP) is 2.75. The molecule has 0 fully saturated rings. The number of hydrogen-bond donors (Lipinski definition) is 1. The molecule has 0 aliphatic rings. The molecule has 3 nitrogen and oxygen atoms in total. The first-order valence-electron chi connectivity index (χ1n) is 4.26. The Morgan fingerprint density at radius 2 is 2.33 bits per heavy atom. The predicted molar refractivity (Wildman–Crippen MR) is 61.7 cm³/mol. The van der Waals surface area contributed by atoms with Gasteiger partial charge in [-0.1, -0.05) is 17.7 Å². The number of benzene rings is 1. The molecule has 0 saturated heterocycles. The maximum absolute atomic E-state index is 11.6. The monoisotopic (exact) mass is 286 g/mol. The average molecular weight is 288 g/mol. The Morgan fingerprint density at radius 3 is 3.00 bits per heavy atom. The second kappa shape index (κ2) is 5.74. The quantitative estimate of drug-likeness (QED) is 0.869. The molecular formula is C10H8BrClN2O. The van der Waals surface area contributed by atoms with Crippen LogP contribution in [0.4, 0.5) is 0 Å². The lowest BCUT2D eigenvalue weighted by molar-refractivity contribution is 0.0954. The van der Waals surface area contributed by atoms with Gasteiger partial charge in [0.1, 0.15) is 0 Å². The van der Waals surface area contributed by atoms with E-state index in [1.165, 1.54) is 0 Å². The van der Waals surface area contributed by atoms with E-state index in [4.69, 9.17) is 16.9 Å². The Morgan fingerprint density at radius 1 is 1.60 bits per heavy atom. The molecule has 0 atom stereocenters. The van der Waals surface area contributed by atoms with Crippen LogP contribution in [0, 0.1) is 11.3 Å². The van der Waals surface area contributed by atoms with Crippen LogP contribution in [0.25, 0.3) is 0 Å². The molecule has 78 valence electrons. The van der Waals surface area contributed by atoms with Crippen molar-refractivity contribution in [1.29, 1.82) is 5.26 Å². The minimum atomic E-state index is -0.267. The number of amides is 1. The molecule has 0 aromatic heterocycles. The molecular weight excluding hydrogens is 279 g/mol. The molecule has 0 aliphatic heterocycles. The molecule has 0 spiro atoms. The first-order valence-corrected chi connectivity index (χ1v) is 5.43. The summed E-state index contributed by atoms with van der Waals surface area (Å²) in [5.41, 5.74) is 0.406. The Kier molecular flexibility index (Phi) is 4.60. The van der Waals surface area contributed by atoms with Gasteiger partial charge < -0.3 is 5.32 Å². The van der Waals surface area contributed by atoms with Crippen LogP contribution in [-0.4, -0.2) is 12.5 Å². The highest BCUT2D eigenvalue weighted by molar-refractivity contribution is 9.10. The summed E-state index contributed by atoms with van der Waals surface area (Å²) in [7, 11) is 0. The number of nitriles is 1. The van der Waals surface area contributed by atoms with Gasteiger partial charge in [0.2, 0.25) is 0 Å². The molecule has 0 saturated carbocycles. The lowest BCUT2D eigenvalue weighted by Gasteiger charge is -2.05. The topological polar surface area (TPSA) is 52.9 Å². The maximum Gasteiger partial charge on any atom is 0.252 e. The fourth-order valence-electron chi connectivity index (χ4n) is 1.01. The highest BCUT2D eigenvalue weighted by Gasteiger charge is 2.11. The van der Waals surface area contributed by atoms with E-state index in [0.29, 0.717) is 21.6 Å². The molecule has 0 unspecified atom stereocenters. The molecule has 0 heterocycles. The van der Waals surface area contributed by atoms with Crippen LogP contribution in [0.2, 0.25) is 5.02 Å². The molecule has 1 aromatic carbocycles. The second-order valence-corrected chi connectivity index (χ2v) is 4.00. The number of nitrogens with zero attached hydrogens (tertiary/aromatic N) is 1. The van der Waals surface area contributed by atoms with E-state index in [1.54, 1.807) is 18.2 Å². The number of rotatable bonds is 3. The van der Waals surface area contributed by atoms with Gasteiger partial charge in [-0.05, 0) is 28.1 Å². The van der Waals surface area contributed by atoms with Gasteiger partial charge in [-0.15, -0.1) is 0 Å². The van der Waals surface area contributed by atoms with E-state index in [2.05, 4.69) is 21.2 Å². The summed E-state index contributed by atoms with van der Waals surface area (Å²) in [6.07, 6.45) is 0.289. The van der Waals surface area contributed by atoms with Gasteiger partial charge in [-0.2, -0.15) is 5.26 Å². The Balaban J connectivity index is 2.75. The third-order valence-electron chi connectivity index (χ3n) is 1.72. The van der Waals surface area contributed by atoms with Gasteiger partial charge in [-0.3, -0.25) is 4.79 Å². The second-order valence-electron chi connectivity index (χ2n) is 2.77. The third kappa shape index (κ3) is 3.22. The molecule has 0 radical (unpaired) electrons. The van der Waals surface area contributed by atoms with Crippen molar-refractivity contribution in [2.45, 2.75) is 6.42 Å². The minimum Gasteiger partial charge on any atom is -0.351 e. The third-order valence-corrected chi connectivity index (χ3v) is 3.01. The van der Waals surface area contributed by atoms with Crippen LogP contribution in [-0.2, 0) is 0 Å². The summed E-state index contributed by atoms with van der Waals surface area (Å²) < 4.78 is 0.678. The van der Waals surface area contributed by atoms with Crippen molar-refractivity contribution in [3.63, 3.8) is 0 Å². The van der Waals surface area contributed by atoms with E-state index >= 15 is 0 Å². The Hall–Kier alpha value is -1.05. The average Bonchev–Trinajstić information content (AvgIpc) is 2.22. The van der Waals surface area contributed by atoms with Crippen molar-refractivity contribution in [2.24, 2.45) is 0 Å². The largest absolute Gasteiger partial charge is 0.351 e. The van der Waals surface area contributed by atoms with Crippen molar-refractivity contribution < 1.29 is 4.79 Å². The fourth-order valence-corrected chi connectivity index (χ4v) is 1.58. The molecule has 5 heteroatoms. The van der Waals surface area contributed by atoms with Crippen molar-refractivity contribution in [2.75, 3.05) is 6.54 Å². The summed E-state index contributed by atoms with van der Waals surface area (Å²) in [6, 6.07) is 7.07. The smallest absolute Gasteiger partial charge is 0.252 e. The van der Waals surface area contributed by atoms with Gasteiger partial charge in [0.05, 0.1) is 23.1 Å². The summed E-state index contributed by atoms with van der Waals surface area (Å²) in [4.78, 5) is 11.6. The molecule has 0 aliphatic carbocycles. The standard InChI is InChI=1S/C10H8BrClN2O/c11-8-4-1-3-7(9(8)12)10(15)14-6-2-5-13/h1,3-4H,2,6H2,(H,14,15). The number of halogens is 2. The van der Waals surface area contributed by atoms with Crippen LogP contribution in [0.3, 0.4) is 0 Å². The lowest BCUT2D eigenvalue weighted by atomic mass is 10.2. The van der Waals surface area contributed by atoms with Gasteiger partial charge in [-0.25, -0.2) is 0 Å². The van der Waals surface area contributed by atoms with Crippen LogP contribution in [0.1, 0.15) is 16.8 Å². The van der Waals surface area contributed by atoms with Gasteiger partial charge in [0, 0.05) is 11.0 Å². The molecule has 0 bridgehead atoms. The molecule has 1 amide bonds. The molecule has 1 N–H and O–H groups in total. The number of hydrogen-bond acceptors (Lipinski definition) is 2. The Labute approximate surface area is 101 Å². The summed E-state index contributed by atoms with van der Waals surface area (Å²) >= 11 is 9.16. The van der Waals surface area contributed by atoms with E-state index in [9.17, 15) is 4.79 Å². The van der Waals surface area contributed by atoms with Crippen LogP contribution >= 0.6 is 27.5 Å². The van der Waals surface area contributed by atoms with Crippen LogP contribution in [0.5, 0.6) is 0 Å².